The van der Waals surface area contributed by atoms with E-state index in [1.807, 2.05) is 25.2 Å². The number of carbonyl (C=O) groups is 4. The van der Waals surface area contributed by atoms with E-state index in [2.05, 4.69) is 59.7 Å². The Balaban J connectivity index is 0.650. The quantitative estimate of drug-likeness (QED) is 0.157. The first-order chi connectivity index (χ1) is 33.3. The maximum absolute atomic E-state index is 15.9. The molecular weight excluding hydrogens is 879 g/mol. The lowest BCUT2D eigenvalue weighted by molar-refractivity contribution is -0.135. The second-order valence-corrected chi connectivity index (χ2v) is 20.6. The van der Waals surface area contributed by atoms with Gasteiger partial charge in [-0.05, 0) is 136 Å². The Bertz CT molecular complexity index is 2830. The first-order valence-corrected chi connectivity index (χ1v) is 24.8. The molecule has 1 aliphatic carbocycles. The van der Waals surface area contributed by atoms with Crippen molar-refractivity contribution in [3.8, 4) is 11.1 Å². The Morgan fingerprint density at radius 2 is 1.62 bits per heavy atom. The van der Waals surface area contributed by atoms with Gasteiger partial charge in [-0.2, -0.15) is 0 Å². The second-order valence-electron chi connectivity index (χ2n) is 20.6. The number of imide groups is 1. The van der Waals surface area contributed by atoms with E-state index in [0.29, 0.717) is 69.8 Å². The summed E-state index contributed by atoms with van der Waals surface area (Å²) in [6.45, 7) is 9.88. The SMILES string of the molecule is C[C@H]1CN(Cc2ccc3c(c2)C2(CC2)C(=O)N3C2CCC(=O)NC2=O)CCN1CC1CCN(C(=O)c2cc(F)c(C3CCN(Cc4cc5c(-c6ccc(N)nc6)ccnc5n4C)CC3)c(F)c2)CC1. The van der Waals surface area contributed by atoms with Crippen LogP contribution in [0.3, 0.4) is 0 Å². The van der Waals surface area contributed by atoms with Crippen molar-refractivity contribution in [1.82, 2.24) is 39.5 Å². The van der Waals surface area contributed by atoms with Crippen LogP contribution in [0.1, 0.15) is 97.0 Å². The third-order valence-corrected chi connectivity index (χ3v) is 16.2. The molecule has 8 heterocycles. The molecular formula is C53H60F2N10O4. The zero-order valence-electron chi connectivity index (χ0n) is 39.4. The van der Waals surface area contributed by atoms with Gasteiger partial charge in [-0.3, -0.25) is 44.1 Å². The van der Waals surface area contributed by atoms with E-state index in [4.69, 9.17) is 5.73 Å². The molecule has 5 fully saturated rings. The first kappa shape index (κ1) is 45.3. The molecule has 0 radical (unpaired) electrons. The second kappa shape index (κ2) is 18.0. The smallest absolute Gasteiger partial charge is 0.254 e. The van der Waals surface area contributed by atoms with E-state index in [0.717, 1.165) is 103 Å². The number of aromatic nitrogens is 3. The zero-order valence-corrected chi connectivity index (χ0v) is 39.4. The number of rotatable bonds is 10. The highest BCUT2D eigenvalue weighted by atomic mass is 19.1. The molecule has 16 heteroatoms. The Labute approximate surface area is 400 Å². The fraction of sp³-hybridized carbons (Fsp3) is 0.472. The van der Waals surface area contributed by atoms with Gasteiger partial charge < -0.3 is 15.2 Å². The Morgan fingerprint density at radius 3 is 2.32 bits per heavy atom. The predicted octanol–water partition coefficient (Wildman–Crippen LogP) is 6.12. The summed E-state index contributed by atoms with van der Waals surface area (Å²) in [5, 5.41) is 3.45. The molecule has 69 heavy (non-hydrogen) atoms. The van der Waals surface area contributed by atoms with Crippen LogP contribution >= 0.6 is 0 Å². The fourth-order valence-corrected chi connectivity index (χ4v) is 12.1. The molecule has 5 aliphatic heterocycles. The maximum Gasteiger partial charge on any atom is 0.254 e. The van der Waals surface area contributed by atoms with Crippen LogP contribution in [0.4, 0.5) is 20.3 Å². The van der Waals surface area contributed by atoms with Gasteiger partial charge in [-0.1, -0.05) is 12.1 Å². The molecule has 1 saturated carbocycles. The predicted molar refractivity (Wildman–Crippen MR) is 258 cm³/mol. The Hall–Kier alpha value is -6.10. The minimum atomic E-state index is -0.655. The van der Waals surface area contributed by atoms with E-state index >= 15 is 8.78 Å². The zero-order chi connectivity index (χ0) is 47.7. The standard InChI is InChI=1S/C53H60F2N10O4/c1-32-28-62(29-34-3-5-44-41(23-34)53(14-15-53)52(69)65(44)45-6-8-47(66)59-50(45)67)21-22-64(32)30-33-10-19-63(20-11-33)51(68)37-24-42(54)48(43(55)25-37)35-12-17-61(18-13-35)31-38-26-40-39(9-16-57-49(40)60(38)2)36-4-7-46(56)58-27-36/h3-5,7,9,16,23-27,32-33,35,45H,6,8,10-15,17-22,28-31H2,1-2H3,(H2,56,58)(H,59,66,67)/t32-,45?/m0/s1. The molecule has 3 aromatic heterocycles. The highest BCUT2D eigenvalue weighted by Gasteiger charge is 2.61. The summed E-state index contributed by atoms with van der Waals surface area (Å²) >= 11 is 0. The lowest BCUT2D eigenvalue weighted by atomic mass is 9.87. The molecule has 11 rings (SSSR count). The first-order valence-electron chi connectivity index (χ1n) is 24.8. The van der Waals surface area contributed by atoms with Crippen molar-refractivity contribution in [2.24, 2.45) is 13.0 Å². The number of fused-ring (bicyclic) bond motifs is 3. The van der Waals surface area contributed by atoms with Crippen LogP contribution < -0.4 is 16.0 Å². The average Bonchev–Trinajstić information content (AvgIpc) is 4.04. The lowest BCUT2D eigenvalue weighted by Crippen LogP contribution is -2.54. The van der Waals surface area contributed by atoms with Gasteiger partial charge in [0.2, 0.25) is 17.7 Å². The molecule has 1 spiro atoms. The van der Waals surface area contributed by atoms with Crippen LogP contribution in [0.5, 0.6) is 0 Å². The number of aryl methyl sites for hydroxylation is 1. The summed E-state index contributed by atoms with van der Waals surface area (Å²) in [6.07, 6.45) is 8.60. The van der Waals surface area contributed by atoms with Crippen molar-refractivity contribution in [2.45, 2.75) is 94.8 Å². The number of piperazine rings is 1. The number of hydrogen-bond donors (Lipinski definition) is 2. The minimum Gasteiger partial charge on any atom is -0.384 e. The molecule has 2 atom stereocenters. The van der Waals surface area contributed by atoms with Crippen LogP contribution in [-0.2, 0) is 39.9 Å². The summed E-state index contributed by atoms with van der Waals surface area (Å²) in [7, 11) is 2.01. The number of halogens is 2. The summed E-state index contributed by atoms with van der Waals surface area (Å²) in [5.74, 6) is -1.68. The molecule has 0 bridgehead atoms. The topological polar surface area (TPSA) is 153 Å². The van der Waals surface area contributed by atoms with Crippen LogP contribution in [-0.4, -0.2) is 122 Å². The molecule has 4 saturated heterocycles. The molecule has 4 amide bonds. The third-order valence-electron chi connectivity index (χ3n) is 16.2. The number of nitrogens with one attached hydrogen (secondary N) is 1. The van der Waals surface area contributed by atoms with Crippen LogP contribution in [0, 0.1) is 17.6 Å². The van der Waals surface area contributed by atoms with Gasteiger partial charge in [0.1, 0.15) is 29.1 Å². The molecule has 2 aromatic carbocycles. The Kier molecular flexibility index (Phi) is 11.8. The highest BCUT2D eigenvalue weighted by Crippen LogP contribution is 2.58. The number of anilines is 2. The van der Waals surface area contributed by atoms with Gasteiger partial charge in [0.15, 0.2) is 0 Å². The van der Waals surface area contributed by atoms with Crippen molar-refractivity contribution < 1.29 is 28.0 Å². The van der Waals surface area contributed by atoms with Gasteiger partial charge in [-0.15, -0.1) is 0 Å². The van der Waals surface area contributed by atoms with Crippen molar-refractivity contribution >= 4 is 46.2 Å². The number of nitrogen functional groups attached to an aromatic ring is 1. The number of benzene rings is 2. The maximum atomic E-state index is 15.9. The third kappa shape index (κ3) is 8.47. The number of piperidine rings is 3. The molecule has 1 unspecified atom stereocenters. The van der Waals surface area contributed by atoms with Crippen molar-refractivity contribution in [3.63, 3.8) is 0 Å². The number of pyridine rings is 2. The van der Waals surface area contributed by atoms with Gasteiger partial charge in [0, 0.05) is 118 Å². The van der Waals surface area contributed by atoms with Gasteiger partial charge in [0.25, 0.3) is 5.91 Å². The van der Waals surface area contributed by atoms with Crippen LogP contribution in [0.2, 0.25) is 0 Å². The number of nitrogens with zero attached hydrogens (tertiary/aromatic N) is 8. The van der Waals surface area contributed by atoms with Crippen LogP contribution in [0.25, 0.3) is 22.2 Å². The van der Waals surface area contributed by atoms with E-state index in [9.17, 15) is 19.2 Å². The summed E-state index contributed by atoms with van der Waals surface area (Å²) < 4.78 is 33.8. The molecule has 6 aliphatic rings. The van der Waals surface area contributed by atoms with E-state index in [1.165, 1.54) is 12.1 Å². The Morgan fingerprint density at radius 1 is 0.855 bits per heavy atom. The number of hydrogen-bond acceptors (Lipinski definition) is 10. The van der Waals surface area contributed by atoms with E-state index in [1.54, 1.807) is 28.3 Å². The largest absolute Gasteiger partial charge is 0.384 e. The van der Waals surface area contributed by atoms with Crippen LogP contribution in [0.15, 0.2) is 67.0 Å². The molecule has 3 N–H and O–H groups in total. The normalized spacial score (nSPS) is 22.8. The van der Waals surface area contributed by atoms with E-state index < -0.39 is 29.0 Å². The van der Waals surface area contributed by atoms with Crippen molar-refractivity contribution in [2.75, 3.05) is 63.0 Å². The van der Waals surface area contributed by atoms with Crippen molar-refractivity contribution in [1.29, 1.82) is 0 Å². The number of amides is 4. The summed E-state index contributed by atoms with van der Waals surface area (Å²) in [4.78, 5) is 71.6. The van der Waals surface area contributed by atoms with E-state index in [-0.39, 0.29) is 41.2 Å². The van der Waals surface area contributed by atoms with Gasteiger partial charge >= 0.3 is 0 Å². The summed E-state index contributed by atoms with van der Waals surface area (Å²) in [6, 6.07) is 16.3. The molecule has 360 valence electrons. The fourth-order valence-electron chi connectivity index (χ4n) is 12.1. The lowest BCUT2D eigenvalue weighted by Gasteiger charge is -2.42. The monoisotopic (exact) mass is 938 g/mol. The highest BCUT2D eigenvalue weighted by molar-refractivity contribution is 6.15. The van der Waals surface area contributed by atoms with Gasteiger partial charge in [0.05, 0.1) is 5.41 Å². The van der Waals surface area contributed by atoms with Crippen molar-refractivity contribution in [3.05, 3.63) is 107 Å². The average molecular weight is 939 g/mol. The summed E-state index contributed by atoms with van der Waals surface area (Å²) in [5.41, 5.74) is 12.4. The molecule has 14 nitrogen and oxygen atoms in total. The van der Waals surface area contributed by atoms with Gasteiger partial charge in [-0.25, -0.2) is 18.7 Å². The number of carbonyl (C=O) groups excluding carboxylic acids is 4. The molecule has 5 aromatic rings. The number of nitrogens with two attached hydrogens (primary N) is 1. The minimum absolute atomic E-state index is 0.0152. The number of likely N-dealkylation sites (tertiary alicyclic amines) is 2.